The molecule has 0 spiro atoms. The molecule has 0 aliphatic carbocycles. The summed E-state index contributed by atoms with van der Waals surface area (Å²) in [5, 5.41) is 23.2. The molecule has 6 heteroatoms. The molecule has 0 heterocycles. The van der Waals surface area contributed by atoms with Crippen molar-refractivity contribution >= 4 is 11.9 Å². The molecule has 406 valence electrons. The van der Waals surface area contributed by atoms with Gasteiger partial charge in [0.25, 0.3) is 0 Å². The van der Waals surface area contributed by atoms with Gasteiger partial charge in [-0.1, -0.05) is 269 Å². The second-order valence-corrected chi connectivity index (χ2v) is 21.0. The number of ether oxygens (including phenoxy) is 1. The monoisotopic (exact) mass is 970 g/mol. The quantitative estimate of drug-likeness (QED) is 0.0321. The van der Waals surface area contributed by atoms with Gasteiger partial charge in [0.05, 0.1) is 25.4 Å². The molecule has 2 atom stereocenters. The molecule has 69 heavy (non-hydrogen) atoms. The van der Waals surface area contributed by atoms with E-state index in [2.05, 4.69) is 43.5 Å². The molecular weight excluding hydrogens is 851 g/mol. The number of esters is 1. The Bertz CT molecular complexity index is 1120. The third-order valence-electron chi connectivity index (χ3n) is 14.1. The van der Waals surface area contributed by atoms with Crippen molar-refractivity contribution < 1.29 is 24.5 Å². The molecule has 1 amide bonds. The molecule has 6 nitrogen and oxygen atoms in total. The summed E-state index contributed by atoms with van der Waals surface area (Å²) in [5.74, 6) is -0.0843. The summed E-state index contributed by atoms with van der Waals surface area (Å²) in [6.07, 6.45) is 73.1. The summed E-state index contributed by atoms with van der Waals surface area (Å²) >= 11 is 0. The van der Waals surface area contributed by atoms with E-state index in [-0.39, 0.29) is 18.5 Å². The highest BCUT2D eigenvalue weighted by molar-refractivity contribution is 5.76. The lowest BCUT2D eigenvalue weighted by Crippen LogP contribution is -2.45. The second-order valence-electron chi connectivity index (χ2n) is 21.0. The maximum Gasteiger partial charge on any atom is 0.305 e. The number of hydrogen-bond donors (Lipinski definition) is 3. The average molecular weight is 971 g/mol. The molecular formula is C63H119NO5. The van der Waals surface area contributed by atoms with Gasteiger partial charge in [-0.2, -0.15) is 0 Å². The van der Waals surface area contributed by atoms with Gasteiger partial charge < -0.3 is 20.3 Å². The van der Waals surface area contributed by atoms with Crippen LogP contribution in [0.1, 0.15) is 328 Å². The molecule has 0 bridgehead atoms. The van der Waals surface area contributed by atoms with E-state index in [1.54, 1.807) is 6.08 Å². The third-order valence-corrected chi connectivity index (χ3v) is 14.1. The van der Waals surface area contributed by atoms with Crippen LogP contribution in [0.2, 0.25) is 0 Å². The number of hydrogen-bond acceptors (Lipinski definition) is 5. The van der Waals surface area contributed by atoms with E-state index in [0.29, 0.717) is 19.4 Å². The van der Waals surface area contributed by atoms with E-state index >= 15 is 0 Å². The van der Waals surface area contributed by atoms with Crippen LogP contribution in [0.3, 0.4) is 0 Å². The summed E-state index contributed by atoms with van der Waals surface area (Å²) < 4.78 is 5.48. The van der Waals surface area contributed by atoms with E-state index in [1.807, 2.05) is 6.08 Å². The topological polar surface area (TPSA) is 95.9 Å². The summed E-state index contributed by atoms with van der Waals surface area (Å²) in [5.41, 5.74) is 0. The molecule has 2 unspecified atom stereocenters. The average Bonchev–Trinajstić information content (AvgIpc) is 3.35. The van der Waals surface area contributed by atoms with Crippen LogP contribution in [0.5, 0.6) is 0 Å². The van der Waals surface area contributed by atoms with Gasteiger partial charge in [0, 0.05) is 12.8 Å². The zero-order valence-electron chi connectivity index (χ0n) is 46.3. The van der Waals surface area contributed by atoms with Crippen molar-refractivity contribution in [2.24, 2.45) is 0 Å². The first kappa shape index (κ1) is 67.1. The van der Waals surface area contributed by atoms with E-state index in [9.17, 15) is 19.8 Å². The van der Waals surface area contributed by atoms with Gasteiger partial charge in [-0.15, -0.1) is 0 Å². The van der Waals surface area contributed by atoms with Crippen LogP contribution >= 0.6 is 0 Å². The molecule has 0 saturated carbocycles. The Kier molecular flexibility index (Phi) is 57.0. The van der Waals surface area contributed by atoms with Crippen molar-refractivity contribution in [2.75, 3.05) is 13.2 Å². The number of aliphatic hydroxyl groups excluding tert-OH is 2. The van der Waals surface area contributed by atoms with Crippen LogP contribution in [0.15, 0.2) is 36.5 Å². The van der Waals surface area contributed by atoms with Gasteiger partial charge in [-0.05, 0) is 83.5 Å². The maximum atomic E-state index is 12.5. The van der Waals surface area contributed by atoms with E-state index in [1.165, 1.54) is 244 Å². The lowest BCUT2D eigenvalue weighted by atomic mass is 10.0. The normalized spacial score (nSPS) is 12.8. The molecule has 0 radical (unpaired) electrons. The Hall–Kier alpha value is -1.92. The van der Waals surface area contributed by atoms with Crippen LogP contribution in [-0.2, 0) is 14.3 Å². The summed E-state index contributed by atoms with van der Waals surface area (Å²) in [4.78, 5) is 24.6. The van der Waals surface area contributed by atoms with Crippen LogP contribution < -0.4 is 5.32 Å². The SMILES string of the molecule is CCCCCCCC/C=C\CCCCCCCCCC(=O)OCCCCCCCC/C=C\CCCCCCCCCC(=O)NC(CO)C(O)/C=C/CCCCCCCCCCCCCCCCCC. The molecule has 0 saturated heterocycles. The number of amides is 1. The lowest BCUT2D eigenvalue weighted by molar-refractivity contribution is -0.143. The van der Waals surface area contributed by atoms with Gasteiger partial charge in [-0.3, -0.25) is 9.59 Å². The summed E-state index contributed by atoms with van der Waals surface area (Å²) in [6, 6.07) is -0.638. The van der Waals surface area contributed by atoms with Crippen molar-refractivity contribution in [3.05, 3.63) is 36.5 Å². The van der Waals surface area contributed by atoms with Crippen molar-refractivity contribution in [1.82, 2.24) is 5.32 Å². The maximum absolute atomic E-state index is 12.5. The van der Waals surface area contributed by atoms with Crippen LogP contribution in [0.25, 0.3) is 0 Å². The minimum Gasteiger partial charge on any atom is -0.466 e. The predicted molar refractivity (Wildman–Crippen MR) is 301 cm³/mol. The van der Waals surface area contributed by atoms with E-state index in [4.69, 9.17) is 4.74 Å². The van der Waals surface area contributed by atoms with Crippen LogP contribution in [-0.4, -0.2) is 47.4 Å². The minimum atomic E-state index is -0.853. The highest BCUT2D eigenvalue weighted by Crippen LogP contribution is 2.17. The smallest absolute Gasteiger partial charge is 0.305 e. The van der Waals surface area contributed by atoms with Crippen molar-refractivity contribution in [3.63, 3.8) is 0 Å². The number of unbranched alkanes of at least 4 members (excludes halogenated alkanes) is 42. The molecule has 0 aromatic heterocycles. The number of allylic oxidation sites excluding steroid dienone is 5. The minimum absolute atomic E-state index is 0.00593. The molecule has 3 N–H and O–H groups in total. The fourth-order valence-electron chi connectivity index (χ4n) is 9.39. The Morgan fingerprint density at radius 1 is 0.391 bits per heavy atom. The number of nitrogens with one attached hydrogen (secondary N) is 1. The third kappa shape index (κ3) is 55.2. The zero-order chi connectivity index (χ0) is 50.0. The van der Waals surface area contributed by atoms with Crippen LogP contribution in [0.4, 0.5) is 0 Å². The molecule has 0 rings (SSSR count). The lowest BCUT2D eigenvalue weighted by Gasteiger charge is -2.20. The highest BCUT2D eigenvalue weighted by atomic mass is 16.5. The number of rotatable bonds is 57. The van der Waals surface area contributed by atoms with E-state index in [0.717, 1.165) is 57.8 Å². The second kappa shape index (κ2) is 58.6. The fourth-order valence-corrected chi connectivity index (χ4v) is 9.39. The number of carbonyl (C=O) groups excluding carboxylic acids is 2. The molecule has 0 aliphatic heterocycles. The Morgan fingerprint density at radius 3 is 1.03 bits per heavy atom. The first-order chi connectivity index (χ1) is 34.0. The van der Waals surface area contributed by atoms with Crippen molar-refractivity contribution in [3.8, 4) is 0 Å². The Balaban J connectivity index is 3.48. The predicted octanol–water partition coefficient (Wildman–Crippen LogP) is 19.2. The highest BCUT2D eigenvalue weighted by Gasteiger charge is 2.18. The largest absolute Gasteiger partial charge is 0.466 e. The van der Waals surface area contributed by atoms with E-state index < -0.39 is 12.1 Å². The number of aliphatic hydroxyl groups is 2. The van der Waals surface area contributed by atoms with Crippen LogP contribution in [0, 0.1) is 0 Å². The zero-order valence-corrected chi connectivity index (χ0v) is 46.3. The first-order valence-electron chi connectivity index (χ1n) is 30.8. The fraction of sp³-hybridized carbons (Fsp3) is 0.873. The molecule has 0 aromatic carbocycles. The van der Waals surface area contributed by atoms with Gasteiger partial charge in [-0.25, -0.2) is 0 Å². The number of carbonyl (C=O) groups is 2. The van der Waals surface area contributed by atoms with Crippen molar-refractivity contribution in [1.29, 1.82) is 0 Å². The van der Waals surface area contributed by atoms with Gasteiger partial charge in [0.15, 0.2) is 0 Å². The molecule has 0 fully saturated rings. The van der Waals surface area contributed by atoms with Gasteiger partial charge in [0.1, 0.15) is 0 Å². The van der Waals surface area contributed by atoms with Gasteiger partial charge >= 0.3 is 5.97 Å². The molecule has 0 aromatic rings. The summed E-state index contributed by atoms with van der Waals surface area (Å²) in [6.45, 7) is 4.89. The van der Waals surface area contributed by atoms with Gasteiger partial charge in [0.2, 0.25) is 5.91 Å². The first-order valence-corrected chi connectivity index (χ1v) is 30.8. The Labute approximate surface area is 430 Å². The van der Waals surface area contributed by atoms with Crippen molar-refractivity contribution in [2.45, 2.75) is 341 Å². The molecule has 0 aliphatic rings. The summed E-state index contributed by atoms with van der Waals surface area (Å²) in [7, 11) is 0. The Morgan fingerprint density at radius 2 is 0.681 bits per heavy atom. The standard InChI is InChI=1S/C63H119NO5/c1-3-5-7-9-11-13-15-17-19-21-24-27-31-35-39-43-47-51-55-61(66)60(59-65)64-62(67)56-52-48-44-40-36-32-28-25-22-26-30-34-38-42-46-50-54-58-69-63(68)57-53-49-45-41-37-33-29-23-20-18-16-14-12-10-8-6-4-2/h18,20,22,26,51,55,60-61,65-66H,3-17,19,21,23-25,27-50,52-54,56-59H2,1-2H3,(H,64,67)/b20-18-,26-22-,55-51+.